The molecule has 0 saturated carbocycles. The van der Waals surface area contributed by atoms with E-state index in [1.165, 1.54) is 17.1 Å². The van der Waals surface area contributed by atoms with Gasteiger partial charge in [0.25, 0.3) is 0 Å². The lowest BCUT2D eigenvalue weighted by molar-refractivity contribution is 0.376. The molecule has 3 rings (SSSR count). The number of nitrogens with one attached hydrogen (secondary N) is 2. The molecule has 25 heavy (non-hydrogen) atoms. The van der Waals surface area contributed by atoms with Crippen LogP contribution in [0.25, 0.3) is 5.69 Å². The minimum Gasteiger partial charge on any atom is -0.494 e. The van der Waals surface area contributed by atoms with Crippen molar-refractivity contribution in [2.75, 3.05) is 26.7 Å². The van der Waals surface area contributed by atoms with Crippen molar-refractivity contribution in [3.63, 3.8) is 0 Å². The lowest BCUT2D eigenvalue weighted by Gasteiger charge is -2.22. The average molecular weight is 387 g/mol. The fourth-order valence-electron chi connectivity index (χ4n) is 2.80. The van der Waals surface area contributed by atoms with Gasteiger partial charge in [0, 0.05) is 6.54 Å². The van der Waals surface area contributed by atoms with Gasteiger partial charge in [-0.25, -0.2) is 17.8 Å². The Kier molecular flexibility index (Phi) is 6.83. The van der Waals surface area contributed by atoms with E-state index in [2.05, 4.69) is 15.1 Å². The van der Waals surface area contributed by atoms with Gasteiger partial charge in [0.15, 0.2) is 0 Å². The van der Waals surface area contributed by atoms with Crippen molar-refractivity contribution in [2.24, 2.45) is 5.92 Å². The summed E-state index contributed by atoms with van der Waals surface area (Å²) >= 11 is 0. The van der Waals surface area contributed by atoms with Gasteiger partial charge in [0.1, 0.15) is 16.3 Å². The summed E-state index contributed by atoms with van der Waals surface area (Å²) in [5, 5.41) is 7.45. The minimum atomic E-state index is -3.57. The van der Waals surface area contributed by atoms with Gasteiger partial charge in [0.05, 0.1) is 19.5 Å². The van der Waals surface area contributed by atoms with Crippen LogP contribution >= 0.6 is 12.4 Å². The zero-order valence-corrected chi connectivity index (χ0v) is 15.6. The summed E-state index contributed by atoms with van der Waals surface area (Å²) < 4.78 is 34.4. The van der Waals surface area contributed by atoms with E-state index >= 15 is 0 Å². The molecule has 9 heteroatoms. The van der Waals surface area contributed by atoms with Crippen LogP contribution in [0.2, 0.25) is 0 Å². The number of nitrogens with zero attached hydrogens (tertiary/aromatic N) is 2. The van der Waals surface area contributed by atoms with Crippen LogP contribution in [-0.2, 0) is 10.0 Å². The van der Waals surface area contributed by atoms with Gasteiger partial charge >= 0.3 is 0 Å². The van der Waals surface area contributed by atoms with E-state index in [9.17, 15) is 8.42 Å². The second-order valence-electron chi connectivity index (χ2n) is 5.86. The molecule has 0 radical (unpaired) electrons. The number of piperidine rings is 1. The maximum atomic E-state index is 12.5. The van der Waals surface area contributed by atoms with Crippen molar-refractivity contribution in [3.8, 4) is 11.4 Å². The number of para-hydroxylation sites is 2. The number of rotatable bonds is 6. The maximum absolute atomic E-state index is 12.5. The Bertz CT molecular complexity index is 788. The highest BCUT2D eigenvalue weighted by Crippen LogP contribution is 2.22. The zero-order valence-electron chi connectivity index (χ0n) is 14.0. The van der Waals surface area contributed by atoms with Gasteiger partial charge in [-0.3, -0.25) is 0 Å². The zero-order chi connectivity index (χ0) is 17.0. The van der Waals surface area contributed by atoms with Crippen LogP contribution < -0.4 is 14.8 Å². The summed E-state index contributed by atoms with van der Waals surface area (Å²) in [7, 11) is -2.00. The molecule has 1 fully saturated rings. The molecule has 2 heterocycles. The lowest BCUT2D eigenvalue weighted by Crippen LogP contribution is -2.38. The van der Waals surface area contributed by atoms with Crippen molar-refractivity contribution in [3.05, 3.63) is 36.7 Å². The minimum absolute atomic E-state index is 0. The molecule has 1 aromatic carbocycles. The van der Waals surface area contributed by atoms with E-state index in [4.69, 9.17) is 4.74 Å². The monoisotopic (exact) mass is 386 g/mol. The quantitative estimate of drug-likeness (QED) is 0.787. The number of methoxy groups -OCH3 is 1. The molecule has 2 N–H and O–H groups in total. The van der Waals surface area contributed by atoms with Crippen molar-refractivity contribution in [2.45, 2.75) is 17.7 Å². The molecule has 0 aliphatic carbocycles. The van der Waals surface area contributed by atoms with E-state index in [1.54, 1.807) is 13.2 Å². The molecule has 1 aromatic heterocycles. The molecule has 138 valence electrons. The second kappa shape index (κ2) is 8.66. The van der Waals surface area contributed by atoms with Gasteiger partial charge in [-0.1, -0.05) is 12.1 Å². The van der Waals surface area contributed by atoms with Gasteiger partial charge in [-0.2, -0.15) is 5.10 Å². The Hall–Kier alpha value is -1.61. The third-order valence-electron chi connectivity index (χ3n) is 4.16. The van der Waals surface area contributed by atoms with E-state index in [1.807, 2.05) is 18.2 Å². The molecule has 1 atom stereocenters. The summed E-state index contributed by atoms with van der Waals surface area (Å²) in [5.41, 5.74) is 0.693. The van der Waals surface area contributed by atoms with Crippen LogP contribution in [0, 0.1) is 5.92 Å². The van der Waals surface area contributed by atoms with Crippen molar-refractivity contribution in [1.29, 1.82) is 0 Å². The Morgan fingerprint density at radius 1 is 1.40 bits per heavy atom. The van der Waals surface area contributed by atoms with E-state index in [0.29, 0.717) is 23.9 Å². The fraction of sp³-hybridized carbons (Fsp3) is 0.438. The second-order valence-corrected chi connectivity index (χ2v) is 7.62. The first kappa shape index (κ1) is 19.7. The number of sulfonamides is 1. The SMILES string of the molecule is COc1ccccc1-n1cc(S(=O)(=O)NCC2CCCNC2)cn1.Cl. The first-order valence-corrected chi connectivity index (χ1v) is 9.47. The first-order valence-electron chi connectivity index (χ1n) is 7.98. The van der Waals surface area contributed by atoms with Gasteiger partial charge in [0.2, 0.25) is 10.0 Å². The summed E-state index contributed by atoms with van der Waals surface area (Å²) in [6, 6.07) is 7.33. The predicted molar refractivity (Wildman–Crippen MR) is 98.1 cm³/mol. The number of hydrogen-bond donors (Lipinski definition) is 2. The highest BCUT2D eigenvalue weighted by molar-refractivity contribution is 7.89. The standard InChI is InChI=1S/C16H22N4O3S.ClH/c1-23-16-7-3-2-6-15(16)20-12-14(11-18-20)24(21,22)19-10-13-5-4-8-17-9-13;/h2-3,6-7,11-13,17,19H,4-5,8-10H2,1H3;1H. The van der Waals surface area contributed by atoms with E-state index in [0.717, 1.165) is 25.9 Å². The van der Waals surface area contributed by atoms with Crippen LogP contribution in [0.5, 0.6) is 5.75 Å². The summed E-state index contributed by atoms with van der Waals surface area (Å²) in [4.78, 5) is 0.150. The third kappa shape index (κ3) is 4.72. The number of ether oxygens (including phenoxy) is 1. The predicted octanol–water partition coefficient (Wildman–Crippen LogP) is 1.58. The highest BCUT2D eigenvalue weighted by atomic mass is 35.5. The average Bonchev–Trinajstić information content (AvgIpc) is 3.12. The fourth-order valence-corrected chi connectivity index (χ4v) is 3.85. The number of halogens is 1. The van der Waals surface area contributed by atoms with E-state index in [-0.39, 0.29) is 17.3 Å². The maximum Gasteiger partial charge on any atom is 0.243 e. The summed E-state index contributed by atoms with van der Waals surface area (Å²) in [6.45, 7) is 2.30. The molecule has 0 spiro atoms. The summed E-state index contributed by atoms with van der Waals surface area (Å²) in [6.07, 6.45) is 4.97. The molecule has 7 nitrogen and oxygen atoms in total. The van der Waals surface area contributed by atoms with Crippen LogP contribution in [0.3, 0.4) is 0 Å². The number of benzene rings is 1. The van der Waals surface area contributed by atoms with Crippen molar-refractivity contribution in [1.82, 2.24) is 19.8 Å². The lowest BCUT2D eigenvalue weighted by atomic mass is 10.0. The molecule has 1 saturated heterocycles. The number of aromatic nitrogens is 2. The Labute approximate surface area is 154 Å². The molecular formula is C16H23ClN4O3S. The number of hydrogen-bond acceptors (Lipinski definition) is 5. The third-order valence-corrected chi connectivity index (χ3v) is 5.54. The molecular weight excluding hydrogens is 364 g/mol. The van der Waals surface area contributed by atoms with Gasteiger partial charge in [-0.05, 0) is 44.0 Å². The molecule has 1 aliphatic heterocycles. The molecule has 0 bridgehead atoms. The topological polar surface area (TPSA) is 85.2 Å². The molecule has 1 unspecified atom stereocenters. The molecule has 2 aromatic rings. The largest absolute Gasteiger partial charge is 0.494 e. The smallest absolute Gasteiger partial charge is 0.243 e. The van der Waals surface area contributed by atoms with Crippen LogP contribution in [0.4, 0.5) is 0 Å². The van der Waals surface area contributed by atoms with Gasteiger partial charge in [-0.15, -0.1) is 12.4 Å². The summed E-state index contributed by atoms with van der Waals surface area (Å²) in [5.74, 6) is 0.962. The van der Waals surface area contributed by atoms with Crippen molar-refractivity contribution >= 4 is 22.4 Å². The van der Waals surface area contributed by atoms with Crippen LogP contribution in [0.1, 0.15) is 12.8 Å². The van der Waals surface area contributed by atoms with E-state index < -0.39 is 10.0 Å². The van der Waals surface area contributed by atoms with Crippen molar-refractivity contribution < 1.29 is 13.2 Å². The highest BCUT2D eigenvalue weighted by Gasteiger charge is 2.20. The molecule has 0 amide bonds. The van der Waals surface area contributed by atoms with Gasteiger partial charge < -0.3 is 10.1 Å². The Morgan fingerprint density at radius 3 is 2.92 bits per heavy atom. The molecule has 1 aliphatic rings. The van der Waals surface area contributed by atoms with Crippen LogP contribution in [-0.4, -0.2) is 44.9 Å². The Balaban J connectivity index is 0.00000225. The Morgan fingerprint density at radius 2 is 2.20 bits per heavy atom. The first-order chi connectivity index (χ1) is 11.6. The van der Waals surface area contributed by atoms with Crippen LogP contribution in [0.15, 0.2) is 41.6 Å². The normalized spacial score (nSPS) is 17.7.